The Labute approximate surface area is 217 Å². The monoisotopic (exact) mass is 530 g/mol. The van der Waals surface area contributed by atoms with E-state index in [1.54, 1.807) is 0 Å². The number of anilines is 2. The van der Waals surface area contributed by atoms with E-state index in [0.717, 1.165) is 49.0 Å². The SMILES string of the molecule is C.C.Cc1nc(CC2CC(COc3cnc(C(F)(F)F)nc3)C2)nc2c1NC(=O)[C@H](C(C)C)N2C.S. The van der Waals surface area contributed by atoms with E-state index < -0.39 is 12.0 Å². The Balaban J connectivity index is 0.00000216. The maximum absolute atomic E-state index is 12.5. The first kappa shape index (κ1) is 31.4. The number of carbonyl (C=O) groups excluding carboxylic acids is 1. The molecule has 2 aliphatic rings. The zero-order chi connectivity index (χ0) is 23.9. The van der Waals surface area contributed by atoms with Crippen LogP contribution in [0.2, 0.25) is 0 Å². The zero-order valence-electron chi connectivity index (χ0n) is 19.5. The summed E-state index contributed by atoms with van der Waals surface area (Å²) >= 11 is 0. The molecule has 1 fully saturated rings. The summed E-state index contributed by atoms with van der Waals surface area (Å²) in [5.41, 5.74) is 1.42. The first-order chi connectivity index (χ1) is 15.5. The Morgan fingerprint density at radius 1 is 1.14 bits per heavy atom. The van der Waals surface area contributed by atoms with Crippen LogP contribution in [0.25, 0.3) is 0 Å². The van der Waals surface area contributed by atoms with Crippen molar-refractivity contribution in [2.24, 2.45) is 17.8 Å². The maximum atomic E-state index is 12.5. The summed E-state index contributed by atoms with van der Waals surface area (Å²) < 4.78 is 43.2. The van der Waals surface area contributed by atoms with Crippen LogP contribution in [-0.4, -0.2) is 45.5 Å². The van der Waals surface area contributed by atoms with Crippen molar-refractivity contribution in [3.63, 3.8) is 0 Å². The fraction of sp³-hybridized carbons (Fsp3) is 0.625. The van der Waals surface area contributed by atoms with Gasteiger partial charge in [0.15, 0.2) is 11.6 Å². The standard InChI is InChI=1S/C22H27F3N6O2.2CH4.H2S/c1-11(2)18-20(32)30-17-12(3)28-16(29-19(17)31(18)4)7-13-5-14(6-13)10-33-15-8-26-21(27-9-15)22(23,24)25;;;/h8-9,11,13-14,18H,5-7,10H2,1-4H3,(H,30,32);2*1H4;1H2/t13?,14?,18-;;;/m0.../s1. The second-order valence-corrected chi connectivity index (χ2v) is 9.17. The lowest BCUT2D eigenvalue weighted by molar-refractivity contribution is -0.145. The van der Waals surface area contributed by atoms with Crippen molar-refractivity contribution in [2.75, 3.05) is 23.9 Å². The third kappa shape index (κ3) is 6.57. The van der Waals surface area contributed by atoms with Crippen LogP contribution in [0.15, 0.2) is 12.4 Å². The molecular formula is C24H37F3N6O2S. The minimum atomic E-state index is -4.56. The van der Waals surface area contributed by atoms with Crippen molar-refractivity contribution < 1.29 is 22.7 Å². The first-order valence-electron chi connectivity index (χ1n) is 11.0. The number of alkyl halides is 3. The molecule has 0 radical (unpaired) electrons. The molecule has 1 N–H and O–H groups in total. The van der Waals surface area contributed by atoms with Gasteiger partial charge in [-0.1, -0.05) is 28.7 Å². The molecule has 1 aliphatic heterocycles. The zero-order valence-corrected chi connectivity index (χ0v) is 20.5. The molecule has 202 valence electrons. The second kappa shape index (κ2) is 12.1. The van der Waals surface area contributed by atoms with Crippen LogP contribution in [0.3, 0.4) is 0 Å². The molecule has 0 unspecified atom stereocenters. The lowest BCUT2D eigenvalue weighted by Gasteiger charge is -2.38. The fourth-order valence-electron chi connectivity index (χ4n) is 4.55. The molecular weight excluding hydrogens is 493 g/mol. The summed E-state index contributed by atoms with van der Waals surface area (Å²) in [6.07, 6.45) is 0.101. The molecule has 12 heteroatoms. The molecule has 2 aromatic heterocycles. The number of nitrogens with one attached hydrogen (secondary N) is 1. The van der Waals surface area contributed by atoms with E-state index in [-0.39, 0.29) is 52.0 Å². The van der Waals surface area contributed by atoms with Gasteiger partial charge >= 0.3 is 6.18 Å². The summed E-state index contributed by atoms with van der Waals surface area (Å²) in [6.45, 7) is 6.29. The summed E-state index contributed by atoms with van der Waals surface area (Å²) in [6, 6.07) is -0.279. The van der Waals surface area contributed by atoms with E-state index in [0.29, 0.717) is 24.1 Å². The lowest BCUT2D eigenvalue weighted by atomic mass is 9.73. The predicted octanol–water partition coefficient (Wildman–Crippen LogP) is 5.04. The number of nitrogens with zero attached hydrogens (tertiary/aromatic N) is 5. The number of likely N-dealkylation sites (N-methyl/N-ethyl adjacent to an activating group) is 1. The average Bonchev–Trinajstić information content (AvgIpc) is 2.70. The highest BCUT2D eigenvalue weighted by atomic mass is 32.1. The fourth-order valence-corrected chi connectivity index (χ4v) is 4.55. The third-order valence-electron chi connectivity index (χ3n) is 6.19. The van der Waals surface area contributed by atoms with E-state index in [4.69, 9.17) is 9.72 Å². The van der Waals surface area contributed by atoms with Gasteiger partial charge in [-0.15, -0.1) is 0 Å². The summed E-state index contributed by atoms with van der Waals surface area (Å²) in [5, 5.41) is 2.95. The Hall–Kier alpha value is -2.63. The van der Waals surface area contributed by atoms with E-state index in [2.05, 4.69) is 20.3 Å². The number of hydrogen-bond donors (Lipinski definition) is 1. The number of hydrogen-bond acceptors (Lipinski definition) is 7. The number of halogens is 3. The Kier molecular flexibility index (Phi) is 10.5. The molecule has 0 bridgehead atoms. The minimum Gasteiger partial charge on any atom is -0.490 e. The van der Waals surface area contributed by atoms with Gasteiger partial charge in [0.2, 0.25) is 11.7 Å². The number of ether oxygens (including phenoxy) is 1. The van der Waals surface area contributed by atoms with Gasteiger partial charge < -0.3 is 15.0 Å². The van der Waals surface area contributed by atoms with Crippen LogP contribution < -0.4 is 15.0 Å². The molecule has 0 spiro atoms. The van der Waals surface area contributed by atoms with Crippen LogP contribution in [0, 0.1) is 24.7 Å². The second-order valence-electron chi connectivity index (χ2n) is 9.17. The number of aryl methyl sites for hydroxylation is 1. The lowest BCUT2D eigenvalue weighted by Crippen LogP contribution is -2.49. The number of carbonyl (C=O) groups is 1. The molecule has 2 aromatic rings. The van der Waals surface area contributed by atoms with Gasteiger partial charge in [0.05, 0.1) is 24.7 Å². The number of amides is 1. The van der Waals surface area contributed by atoms with Crippen LogP contribution in [-0.2, 0) is 17.4 Å². The Bertz CT molecular complexity index is 1030. The van der Waals surface area contributed by atoms with Gasteiger partial charge in [0, 0.05) is 13.5 Å². The highest BCUT2D eigenvalue weighted by Crippen LogP contribution is 2.38. The van der Waals surface area contributed by atoms with E-state index >= 15 is 0 Å². The molecule has 1 aliphatic carbocycles. The Morgan fingerprint density at radius 3 is 2.31 bits per heavy atom. The number of aromatic nitrogens is 4. The van der Waals surface area contributed by atoms with Gasteiger partial charge in [-0.25, -0.2) is 19.9 Å². The van der Waals surface area contributed by atoms with Crippen LogP contribution in [0.1, 0.15) is 58.9 Å². The van der Waals surface area contributed by atoms with Gasteiger partial charge in [0.25, 0.3) is 0 Å². The van der Waals surface area contributed by atoms with Crippen molar-refractivity contribution in [1.29, 1.82) is 0 Å². The molecule has 0 aromatic carbocycles. The van der Waals surface area contributed by atoms with Gasteiger partial charge in [-0.3, -0.25) is 4.79 Å². The predicted molar refractivity (Wildman–Crippen MR) is 139 cm³/mol. The van der Waals surface area contributed by atoms with Gasteiger partial charge in [0.1, 0.15) is 17.6 Å². The average molecular weight is 531 g/mol. The van der Waals surface area contributed by atoms with Crippen molar-refractivity contribution >= 4 is 30.9 Å². The van der Waals surface area contributed by atoms with Crippen LogP contribution in [0.4, 0.5) is 24.7 Å². The molecule has 1 saturated carbocycles. The van der Waals surface area contributed by atoms with Crippen molar-refractivity contribution in [3.8, 4) is 5.75 Å². The quantitative estimate of drug-likeness (QED) is 0.559. The summed E-state index contributed by atoms with van der Waals surface area (Å²) in [7, 11) is 1.89. The normalized spacial score (nSPS) is 20.7. The van der Waals surface area contributed by atoms with Crippen molar-refractivity contribution in [3.05, 3.63) is 29.7 Å². The van der Waals surface area contributed by atoms with Crippen LogP contribution in [0.5, 0.6) is 5.75 Å². The summed E-state index contributed by atoms with van der Waals surface area (Å²) in [4.78, 5) is 30.4. The van der Waals surface area contributed by atoms with E-state index in [1.165, 1.54) is 0 Å². The van der Waals surface area contributed by atoms with Crippen LogP contribution >= 0.6 is 13.5 Å². The van der Waals surface area contributed by atoms with Gasteiger partial charge in [-0.2, -0.15) is 26.7 Å². The molecule has 3 heterocycles. The topological polar surface area (TPSA) is 93.1 Å². The number of fused-ring (bicyclic) bond motifs is 1. The number of rotatable bonds is 6. The smallest absolute Gasteiger partial charge is 0.451 e. The molecule has 1 amide bonds. The van der Waals surface area contributed by atoms with E-state index in [9.17, 15) is 18.0 Å². The largest absolute Gasteiger partial charge is 0.490 e. The van der Waals surface area contributed by atoms with Gasteiger partial charge in [-0.05, 0) is 37.5 Å². The van der Waals surface area contributed by atoms with E-state index in [1.807, 2.05) is 32.7 Å². The Morgan fingerprint density at radius 2 is 1.75 bits per heavy atom. The highest BCUT2D eigenvalue weighted by molar-refractivity contribution is 7.59. The molecule has 36 heavy (non-hydrogen) atoms. The van der Waals surface area contributed by atoms with Crippen molar-refractivity contribution in [2.45, 2.75) is 67.1 Å². The minimum absolute atomic E-state index is 0. The molecule has 8 nitrogen and oxygen atoms in total. The first-order valence-corrected chi connectivity index (χ1v) is 11.0. The third-order valence-corrected chi connectivity index (χ3v) is 6.19. The highest BCUT2D eigenvalue weighted by Gasteiger charge is 2.37. The van der Waals surface area contributed by atoms with Crippen molar-refractivity contribution in [1.82, 2.24) is 19.9 Å². The molecule has 0 saturated heterocycles. The molecule has 1 atom stereocenters. The molecule has 4 rings (SSSR count). The summed E-state index contributed by atoms with van der Waals surface area (Å²) in [5.74, 6) is 1.36. The maximum Gasteiger partial charge on any atom is 0.451 e.